The summed E-state index contributed by atoms with van der Waals surface area (Å²) in [5.41, 5.74) is 1.19. The molecule has 1 fully saturated rings. The second-order valence-electron chi connectivity index (χ2n) is 5.96. The van der Waals surface area contributed by atoms with E-state index in [-0.39, 0.29) is 11.8 Å². The predicted molar refractivity (Wildman–Crippen MR) is 90.8 cm³/mol. The number of nitrogens with zero attached hydrogens (tertiary/aromatic N) is 1. The molecule has 1 unspecified atom stereocenters. The average molecular weight is 319 g/mol. The molecular weight excluding hydrogens is 294 g/mol. The molecule has 6 nitrogen and oxygen atoms in total. The molecule has 1 atom stereocenters. The topological polar surface area (TPSA) is 70.7 Å². The summed E-state index contributed by atoms with van der Waals surface area (Å²) in [6.07, 6.45) is 3.50. The number of hydrogen-bond donors (Lipinski definition) is 2. The van der Waals surface area contributed by atoms with Crippen molar-refractivity contribution in [2.45, 2.75) is 39.2 Å². The molecule has 2 N–H and O–H groups in total. The van der Waals surface area contributed by atoms with Gasteiger partial charge >= 0.3 is 0 Å². The fourth-order valence-electron chi connectivity index (χ4n) is 2.85. The third-order valence-corrected chi connectivity index (χ3v) is 4.08. The summed E-state index contributed by atoms with van der Waals surface area (Å²) in [7, 11) is 1.55. The minimum absolute atomic E-state index is 0.0722. The summed E-state index contributed by atoms with van der Waals surface area (Å²) < 4.78 is 5.28. The van der Waals surface area contributed by atoms with Crippen molar-refractivity contribution in [2.75, 3.05) is 30.8 Å². The van der Waals surface area contributed by atoms with Crippen LogP contribution in [0.1, 0.15) is 33.1 Å². The Morgan fingerprint density at radius 1 is 1.30 bits per heavy atom. The highest BCUT2D eigenvalue weighted by molar-refractivity contribution is 5.95. The molecule has 1 saturated heterocycles. The van der Waals surface area contributed by atoms with Gasteiger partial charge in [0.15, 0.2) is 0 Å². The van der Waals surface area contributed by atoms with E-state index in [0.29, 0.717) is 29.7 Å². The van der Waals surface area contributed by atoms with Crippen LogP contribution in [-0.2, 0) is 9.59 Å². The van der Waals surface area contributed by atoms with E-state index >= 15 is 0 Å². The molecule has 1 aromatic carbocycles. The largest absolute Gasteiger partial charge is 0.495 e. The Labute approximate surface area is 137 Å². The van der Waals surface area contributed by atoms with E-state index in [1.165, 1.54) is 13.3 Å². The maximum absolute atomic E-state index is 12.3. The number of carbonyl (C=O) groups excluding carboxylic acids is 2. The molecule has 1 aliphatic heterocycles. The molecule has 0 spiro atoms. The molecular formula is C17H25N3O3. The van der Waals surface area contributed by atoms with Gasteiger partial charge < -0.3 is 15.4 Å². The Balaban J connectivity index is 2.04. The first-order valence-corrected chi connectivity index (χ1v) is 7.99. The highest BCUT2D eigenvalue weighted by atomic mass is 16.5. The highest BCUT2D eigenvalue weighted by Crippen LogP contribution is 2.28. The molecule has 2 rings (SSSR count). The van der Waals surface area contributed by atoms with Gasteiger partial charge in [0.2, 0.25) is 11.8 Å². The van der Waals surface area contributed by atoms with Gasteiger partial charge in [0, 0.05) is 18.7 Å². The smallest absolute Gasteiger partial charge is 0.238 e. The van der Waals surface area contributed by atoms with Gasteiger partial charge in [-0.2, -0.15) is 0 Å². The number of methoxy groups -OCH3 is 1. The molecule has 6 heteroatoms. The molecule has 23 heavy (non-hydrogen) atoms. The van der Waals surface area contributed by atoms with E-state index in [1.807, 2.05) is 0 Å². The van der Waals surface area contributed by atoms with Crippen LogP contribution >= 0.6 is 0 Å². The number of nitrogens with one attached hydrogen (secondary N) is 2. The molecule has 0 bridgehead atoms. The van der Waals surface area contributed by atoms with Crippen LogP contribution in [0.3, 0.4) is 0 Å². The number of carbonyl (C=O) groups is 2. The van der Waals surface area contributed by atoms with E-state index in [4.69, 9.17) is 4.74 Å². The summed E-state index contributed by atoms with van der Waals surface area (Å²) >= 11 is 0. The third-order valence-electron chi connectivity index (χ3n) is 4.08. The van der Waals surface area contributed by atoms with Gasteiger partial charge in [-0.15, -0.1) is 0 Å². The Bertz CT molecular complexity index is 574. The number of anilines is 2. The summed E-state index contributed by atoms with van der Waals surface area (Å²) in [5.74, 6) is 0.339. The van der Waals surface area contributed by atoms with Gasteiger partial charge in [-0.3, -0.25) is 14.5 Å². The standard InChI is InChI=1S/C17H25N3O3/c1-12-6-4-5-9-20(12)11-17(22)19-15-10-14(18-13(2)21)7-8-16(15)23-3/h7-8,10,12H,4-6,9,11H2,1-3H3,(H,18,21)(H,19,22). The molecule has 1 aliphatic rings. The Hall–Kier alpha value is -2.08. The van der Waals surface area contributed by atoms with Gasteiger partial charge in [-0.25, -0.2) is 0 Å². The fourth-order valence-corrected chi connectivity index (χ4v) is 2.85. The van der Waals surface area contributed by atoms with Crippen LogP contribution in [0.5, 0.6) is 5.75 Å². The number of piperidine rings is 1. The summed E-state index contributed by atoms with van der Waals surface area (Å²) in [5, 5.41) is 5.59. The quantitative estimate of drug-likeness (QED) is 0.874. The zero-order valence-electron chi connectivity index (χ0n) is 14.0. The molecule has 0 saturated carbocycles. The number of likely N-dealkylation sites (tertiary alicyclic amines) is 1. The monoisotopic (exact) mass is 319 g/mol. The van der Waals surface area contributed by atoms with Gasteiger partial charge in [0.25, 0.3) is 0 Å². The van der Waals surface area contributed by atoms with Crippen molar-refractivity contribution < 1.29 is 14.3 Å². The number of amides is 2. The van der Waals surface area contributed by atoms with Crippen molar-refractivity contribution in [2.24, 2.45) is 0 Å². The van der Waals surface area contributed by atoms with E-state index in [0.717, 1.165) is 19.4 Å². The van der Waals surface area contributed by atoms with Crippen LogP contribution in [0, 0.1) is 0 Å². The molecule has 1 heterocycles. The minimum atomic E-state index is -0.158. The van der Waals surface area contributed by atoms with E-state index < -0.39 is 0 Å². The third kappa shape index (κ3) is 4.96. The van der Waals surface area contributed by atoms with Crippen LogP contribution in [0.15, 0.2) is 18.2 Å². The SMILES string of the molecule is COc1ccc(NC(C)=O)cc1NC(=O)CN1CCCCC1C. The van der Waals surface area contributed by atoms with Gasteiger partial charge in [0.1, 0.15) is 5.75 Å². The maximum Gasteiger partial charge on any atom is 0.238 e. The van der Waals surface area contributed by atoms with Crippen molar-refractivity contribution in [3.05, 3.63) is 18.2 Å². The minimum Gasteiger partial charge on any atom is -0.495 e. The fraction of sp³-hybridized carbons (Fsp3) is 0.529. The van der Waals surface area contributed by atoms with Crippen LogP contribution in [0.4, 0.5) is 11.4 Å². The number of rotatable bonds is 5. The zero-order valence-corrected chi connectivity index (χ0v) is 14.0. The summed E-state index contributed by atoms with van der Waals surface area (Å²) in [6, 6.07) is 5.60. The average Bonchev–Trinajstić information content (AvgIpc) is 2.49. The van der Waals surface area contributed by atoms with Gasteiger partial charge in [-0.05, 0) is 44.5 Å². The Kier molecular flexibility index (Phi) is 5.98. The second kappa shape index (κ2) is 7.97. The molecule has 2 amide bonds. The zero-order chi connectivity index (χ0) is 16.8. The Morgan fingerprint density at radius 2 is 2.09 bits per heavy atom. The van der Waals surface area contributed by atoms with E-state index in [1.54, 1.807) is 25.3 Å². The lowest BCUT2D eigenvalue weighted by Crippen LogP contribution is -2.42. The second-order valence-corrected chi connectivity index (χ2v) is 5.96. The highest BCUT2D eigenvalue weighted by Gasteiger charge is 2.21. The molecule has 0 radical (unpaired) electrons. The maximum atomic E-state index is 12.3. The van der Waals surface area contributed by atoms with Crippen LogP contribution in [-0.4, -0.2) is 43.0 Å². The number of benzene rings is 1. The summed E-state index contributed by atoms with van der Waals surface area (Å²) in [4.78, 5) is 25.7. The van der Waals surface area contributed by atoms with Gasteiger partial charge in [0.05, 0.1) is 19.3 Å². The normalized spacial score (nSPS) is 18.3. The van der Waals surface area contributed by atoms with E-state index in [9.17, 15) is 9.59 Å². The van der Waals surface area contributed by atoms with Crippen LogP contribution in [0.2, 0.25) is 0 Å². The first-order chi connectivity index (χ1) is 11.0. The van der Waals surface area contributed by atoms with Crippen molar-refractivity contribution in [1.82, 2.24) is 4.90 Å². The lowest BCUT2D eigenvalue weighted by atomic mass is 10.0. The first kappa shape index (κ1) is 17.3. The molecule has 0 aliphatic carbocycles. The van der Waals surface area contributed by atoms with Crippen molar-refractivity contribution in [3.8, 4) is 5.75 Å². The molecule has 1 aromatic rings. The lowest BCUT2D eigenvalue weighted by Gasteiger charge is -2.32. The van der Waals surface area contributed by atoms with Crippen molar-refractivity contribution >= 4 is 23.2 Å². The van der Waals surface area contributed by atoms with Crippen molar-refractivity contribution in [1.29, 1.82) is 0 Å². The van der Waals surface area contributed by atoms with Crippen LogP contribution < -0.4 is 15.4 Å². The Morgan fingerprint density at radius 3 is 2.74 bits per heavy atom. The predicted octanol–water partition coefficient (Wildman–Crippen LogP) is 2.47. The lowest BCUT2D eigenvalue weighted by molar-refractivity contribution is -0.118. The number of hydrogen-bond acceptors (Lipinski definition) is 4. The summed E-state index contributed by atoms with van der Waals surface area (Å²) in [6.45, 7) is 4.93. The first-order valence-electron chi connectivity index (χ1n) is 7.99. The van der Waals surface area contributed by atoms with Gasteiger partial charge in [-0.1, -0.05) is 6.42 Å². The van der Waals surface area contributed by atoms with E-state index in [2.05, 4.69) is 22.5 Å². The number of ether oxygens (including phenoxy) is 1. The molecule has 0 aromatic heterocycles. The molecule has 126 valence electrons. The van der Waals surface area contributed by atoms with Crippen LogP contribution in [0.25, 0.3) is 0 Å². The van der Waals surface area contributed by atoms with Crippen molar-refractivity contribution in [3.63, 3.8) is 0 Å².